The molecule has 20 heavy (non-hydrogen) atoms. The highest BCUT2D eigenvalue weighted by atomic mass is 16.5. The Kier molecular flexibility index (Phi) is 10.00. The molecule has 0 N–H and O–H groups in total. The van der Waals surface area contributed by atoms with E-state index >= 15 is 0 Å². The molecule has 1 unspecified atom stereocenters. The molecule has 0 bridgehead atoms. The molecule has 2 nitrogen and oxygen atoms in total. The number of carbonyl (C=O) groups is 1. The van der Waals surface area contributed by atoms with Crippen LogP contribution in [0.15, 0.2) is 0 Å². The van der Waals surface area contributed by atoms with Gasteiger partial charge in [-0.15, -0.1) is 0 Å². The van der Waals surface area contributed by atoms with E-state index in [1.165, 1.54) is 70.6 Å². The van der Waals surface area contributed by atoms with Gasteiger partial charge in [-0.3, -0.25) is 4.79 Å². The maximum Gasteiger partial charge on any atom is 0.161 e. The monoisotopic (exact) mass is 282 g/mol. The van der Waals surface area contributed by atoms with Gasteiger partial charge in [0.1, 0.15) is 6.10 Å². The normalized spacial score (nSPS) is 18.1. The van der Waals surface area contributed by atoms with Crippen LogP contribution in [0.4, 0.5) is 0 Å². The summed E-state index contributed by atoms with van der Waals surface area (Å²) >= 11 is 0. The molecule has 118 valence electrons. The molecule has 1 rings (SSSR count). The summed E-state index contributed by atoms with van der Waals surface area (Å²) in [4.78, 5) is 12.3. The molecule has 0 heterocycles. The fraction of sp³-hybridized carbons (Fsp3) is 0.944. The Morgan fingerprint density at radius 2 is 1.60 bits per heavy atom. The molecule has 2 heteroatoms. The van der Waals surface area contributed by atoms with Crippen LogP contribution in [-0.2, 0) is 9.53 Å². The van der Waals surface area contributed by atoms with Crippen molar-refractivity contribution < 1.29 is 9.53 Å². The Hall–Kier alpha value is -0.370. The molecule has 1 aliphatic carbocycles. The van der Waals surface area contributed by atoms with Gasteiger partial charge >= 0.3 is 0 Å². The van der Waals surface area contributed by atoms with Crippen LogP contribution >= 0.6 is 0 Å². The van der Waals surface area contributed by atoms with Crippen molar-refractivity contribution in [3.05, 3.63) is 0 Å². The van der Waals surface area contributed by atoms with Crippen LogP contribution < -0.4 is 0 Å². The van der Waals surface area contributed by atoms with E-state index in [-0.39, 0.29) is 6.10 Å². The predicted octanol–water partition coefficient (Wildman–Crippen LogP) is 5.29. The summed E-state index contributed by atoms with van der Waals surface area (Å²) in [5.74, 6) is 0.846. The minimum atomic E-state index is -0.115. The first kappa shape index (κ1) is 17.7. The molecule has 0 saturated heterocycles. The Morgan fingerprint density at radius 1 is 1.00 bits per heavy atom. The molecule has 0 amide bonds. The van der Waals surface area contributed by atoms with Gasteiger partial charge < -0.3 is 4.74 Å². The summed E-state index contributed by atoms with van der Waals surface area (Å²) in [6.07, 6.45) is 15.7. The Bertz CT molecular complexity index is 244. The second-order valence-corrected chi connectivity index (χ2v) is 6.39. The van der Waals surface area contributed by atoms with Gasteiger partial charge in [-0.2, -0.15) is 0 Å². The number of hydrogen-bond acceptors (Lipinski definition) is 2. The molecule has 1 fully saturated rings. The molecule has 0 spiro atoms. The SMILES string of the molecule is CCCCCCCCCC(=O)C(OC)C1CCCCC1. The third kappa shape index (κ3) is 6.88. The van der Waals surface area contributed by atoms with Crippen LogP contribution in [0.2, 0.25) is 0 Å². The first-order valence-electron chi connectivity index (χ1n) is 8.85. The zero-order chi connectivity index (χ0) is 14.6. The van der Waals surface area contributed by atoms with Crippen LogP contribution in [0.1, 0.15) is 90.4 Å². The Morgan fingerprint density at radius 3 is 2.20 bits per heavy atom. The standard InChI is InChI=1S/C18H34O2/c1-3-4-5-6-7-8-12-15-17(19)18(20-2)16-13-10-9-11-14-16/h16,18H,3-15H2,1-2H3. The maximum atomic E-state index is 12.3. The van der Waals surface area contributed by atoms with E-state index in [1.807, 2.05) is 0 Å². The van der Waals surface area contributed by atoms with Crippen molar-refractivity contribution in [2.45, 2.75) is 96.5 Å². The number of carbonyl (C=O) groups excluding carboxylic acids is 1. The summed E-state index contributed by atoms with van der Waals surface area (Å²) in [5, 5.41) is 0. The smallest absolute Gasteiger partial charge is 0.161 e. The molecule has 0 radical (unpaired) electrons. The number of unbranched alkanes of at least 4 members (excludes halogenated alkanes) is 6. The quantitative estimate of drug-likeness (QED) is 0.481. The van der Waals surface area contributed by atoms with Crippen molar-refractivity contribution in [1.29, 1.82) is 0 Å². The van der Waals surface area contributed by atoms with E-state index in [2.05, 4.69) is 6.92 Å². The summed E-state index contributed by atoms with van der Waals surface area (Å²) < 4.78 is 5.51. The first-order valence-corrected chi connectivity index (χ1v) is 8.85. The zero-order valence-corrected chi connectivity index (χ0v) is 13.7. The van der Waals surface area contributed by atoms with Crippen LogP contribution in [0, 0.1) is 5.92 Å². The lowest BCUT2D eigenvalue weighted by molar-refractivity contribution is -0.132. The molecule has 1 atom stereocenters. The predicted molar refractivity (Wildman–Crippen MR) is 85.0 cm³/mol. The van der Waals surface area contributed by atoms with E-state index < -0.39 is 0 Å². The van der Waals surface area contributed by atoms with Gasteiger partial charge in [0.2, 0.25) is 0 Å². The summed E-state index contributed by atoms with van der Waals surface area (Å²) in [6.45, 7) is 2.24. The van der Waals surface area contributed by atoms with E-state index in [9.17, 15) is 4.79 Å². The zero-order valence-electron chi connectivity index (χ0n) is 13.7. The van der Waals surface area contributed by atoms with Gasteiger partial charge in [0.05, 0.1) is 0 Å². The van der Waals surface area contributed by atoms with Gasteiger partial charge in [0, 0.05) is 13.5 Å². The van der Waals surface area contributed by atoms with Gasteiger partial charge in [-0.1, -0.05) is 64.7 Å². The van der Waals surface area contributed by atoms with Crippen LogP contribution in [0.3, 0.4) is 0 Å². The number of Topliss-reactive ketones (excluding diaryl/α,β-unsaturated/α-hetero) is 1. The van der Waals surface area contributed by atoms with E-state index in [4.69, 9.17) is 4.74 Å². The van der Waals surface area contributed by atoms with Crippen molar-refractivity contribution in [3.8, 4) is 0 Å². The Labute approximate surface area is 125 Å². The van der Waals surface area contributed by atoms with E-state index in [0.717, 1.165) is 12.8 Å². The van der Waals surface area contributed by atoms with Crippen molar-refractivity contribution in [2.75, 3.05) is 7.11 Å². The molecular weight excluding hydrogens is 248 g/mol. The fourth-order valence-corrected chi connectivity index (χ4v) is 3.42. The second kappa shape index (κ2) is 11.3. The third-order valence-corrected chi connectivity index (χ3v) is 4.68. The molecule has 0 aromatic rings. The van der Waals surface area contributed by atoms with Gasteiger partial charge in [-0.05, 0) is 25.2 Å². The van der Waals surface area contributed by atoms with Crippen LogP contribution in [-0.4, -0.2) is 19.0 Å². The molecule has 1 saturated carbocycles. The molecule has 1 aliphatic rings. The molecule has 0 aromatic heterocycles. The maximum absolute atomic E-state index is 12.3. The minimum absolute atomic E-state index is 0.115. The molecular formula is C18H34O2. The van der Waals surface area contributed by atoms with Gasteiger partial charge in [0.25, 0.3) is 0 Å². The number of hydrogen-bond donors (Lipinski definition) is 0. The van der Waals surface area contributed by atoms with Crippen LogP contribution in [0.25, 0.3) is 0 Å². The lowest BCUT2D eigenvalue weighted by Crippen LogP contribution is -2.32. The molecule has 0 aromatic carbocycles. The van der Waals surface area contributed by atoms with Crippen LogP contribution in [0.5, 0.6) is 0 Å². The highest BCUT2D eigenvalue weighted by molar-refractivity contribution is 5.83. The summed E-state index contributed by atoms with van der Waals surface area (Å²) in [6, 6.07) is 0. The number of ether oxygens (including phenoxy) is 1. The third-order valence-electron chi connectivity index (χ3n) is 4.68. The average Bonchev–Trinajstić information content (AvgIpc) is 2.48. The highest BCUT2D eigenvalue weighted by Gasteiger charge is 2.28. The fourth-order valence-electron chi connectivity index (χ4n) is 3.42. The first-order chi connectivity index (χ1) is 9.79. The van der Waals surface area contributed by atoms with E-state index in [0.29, 0.717) is 11.7 Å². The van der Waals surface area contributed by atoms with Gasteiger partial charge in [0.15, 0.2) is 5.78 Å². The number of methoxy groups -OCH3 is 1. The Balaban J connectivity index is 2.12. The second-order valence-electron chi connectivity index (χ2n) is 6.39. The summed E-state index contributed by atoms with van der Waals surface area (Å²) in [5.41, 5.74) is 0. The minimum Gasteiger partial charge on any atom is -0.373 e. The van der Waals surface area contributed by atoms with Gasteiger partial charge in [-0.25, -0.2) is 0 Å². The topological polar surface area (TPSA) is 26.3 Å². The highest BCUT2D eigenvalue weighted by Crippen LogP contribution is 2.29. The largest absolute Gasteiger partial charge is 0.373 e. The van der Waals surface area contributed by atoms with Crippen molar-refractivity contribution in [3.63, 3.8) is 0 Å². The van der Waals surface area contributed by atoms with E-state index in [1.54, 1.807) is 7.11 Å². The number of rotatable bonds is 11. The summed E-state index contributed by atoms with van der Waals surface area (Å²) in [7, 11) is 1.71. The van der Waals surface area contributed by atoms with Crippen molar-refractivity contribution in [2.24, 2.45) is 5.92 Å². The lowest BCUT2D eigenvalue weighted by atomic mass is 9.83. The average molecular weight is 282 g/mol. The van der Waals surface area contributed by atoms with Crippen molar-refractivity contribution in [1.82, 2.24) is 0 Å². The molecule has 0 aliphatic heterocycles. The van der Waals surface area contributed by atoms with Crippen molar-refractivity contribution >= 4 is 5.78 Å². The lowest BCUT2D eigenvalue weighted by Gasteiger charge is -2.28. The number of ketones is 1.